The maximum Gasteiger partial charge on any atom is 0.317 e. The molecule has 0 aliphatic carbocycles. The molecule has 2 amide bonds. The molecule has 4 nitrogen and oxygen atoms in total. The normalized spacial score (nSPS) is 13.8. The molecule has 1 rings (SSSR count). The fourth-order valence-electron chi connectivity index (χ4n) is 1.54. The van der Waals surface area contributed by atoms with Crippen LogP contribution >= 0.6 is 0 Å². The van der Waals surface area contributed by atoms with E-state index < -0.39 is 23.7 Å². The number of halogens is 2. The smallest absolute Gasteiger partial charge is 0.317 e. The van der Waals surface area contributed by atoms with Gasteiger partial charge in [0, 0.05) is 12.6 Å². The van der Waals surface area contributed by atoms with E-state index in [0.717, 1.165) is 6.07 Å². The topological polar surface area (TPSA) is 52.6 Å². The predicted molar refractivity (Wildman–Crippen MR) is 67.6 cm³/mol. The van der Waals surface area contributed by atoms with E-state index in [1.165, 1.54) is 24.1 Å². The number of hydrogen-bond donors (Lipinski definition) is 2. The van der Waals surface area contributed by atoms with E-state index in [0.29, 0.717) is 0 Å². The van der Waals surface area contributed by atoms with Crippen LogP contribution in [0.5, 0.6) is 0 Å². The zero-order valence-corrected chi connectivity index (χ0v) is 11.2. The van der Waals surface area contributed by atoms with Gasteiger partial charge in [-0.05, 0) is 19.9 Å². The first-order chi connectivity index (χ1) is 8.88. The summed E-state index contributed by atoms with van der Waals surface area (Å²) >= 11 is 0. The Hall–Kier alpha value is -1.69. The summed E-state index contributed by atoms with van der Waals surface area (Å²) in [6.07, 6.45) is 0. The Morgan fingerprint density at radius 3 is 2.63 bits per heavy atom. The Kier molecular flexibility index (Phi) is 5.23. The molecule has 0 bridgehead atoms. The van der Waals surface area contributed by atoms with Crippen molar-refractivity contribution in [2.75, 3.05) is 13.7 Å². The highest BCUT2D eigenvalue weighted by molar-refractivity contribution is 5.74. The number of likely N-dealkylation sites (N-methyl/N-ethyl adjacent to an activating group) is 1. The van der Waals surface area contributed by atoms with E-state index in [9.17, 15) is 13.6 Å². The lowest BCUT2D eigenvalue weighted by atomic mass is 10.1. The Balaban J connectivity index is 2.77. The number of hydrogen-bond acceptors (Lipinski definition) is 2. The van der Waals surface area contributed by atoms with Gasteiger partial charge in [-0.15, -0.1) is 0 Å². The minimum absolute atomic E-state index is 0.0819. The van der Waals surface area contributed by atoms with Gasteiger partial charge in [-0.1, -0.05) is 12.1 Å². The quantitative estimate of drug-likeness (QED) is 0.881. The van der Waals surface area contributed by atoms with Gasteiger partial charge >= 0.3 is 6.03 Å². The number of nitrogens with one attached hydrogen (secondary N) is 1. The lowest BCUT2D eigenvalue weighted by Crippen LogP contribution is -2.44. The van der Waals surface area contributed by atoms with Gasteiger partial charge < -0.3 is 15.3 Å². The number of urea groups is 1. The number of rotatable bonds is 4. The number of nitrogens with zero attached hydrogens (tertiary/aromatic N) is 1. The van der Waals surface area contributed by atoms with Crippen molar-refractivity contribution in [1.82, 2.24) is 10.2 Å². The van der Waals surface area contributed by atoms with E-state index in [1.807, 2.05) is 0 Å². The summed E-state index contributed by atoms with van der Waals surface area (Å²) in [5, 5.41) is 11.5. The van der Waals surface area contributed by atoms with Crippen LogP contribution in [-0.4, -0.2) is 35.7 Å². The van der Waals surface area contributed by atoms with Crippen LogP contribution in [0.3, 0.4) is 0 Å². The van der Waals surface area contributed by atoms with Crippen molar-refractivity contribution in [1.29, 1.82) is 0 Å². The van der Waals surface area contributed by atoms with Gasteiger partial charge in [-0.3, -0.25) is 0 Å². The molecule has 0 heterocycles. The van der Waals surface area contributed by atoms with Crippen molar-refractivity contribution < 1.29 is 18.7 Å². The average Bonchev–Trinajstić information content (AvgIpc) is 2.39. The van der Waals surface area contributed by atoms with Crippen LogP contribution in [0.25, 0.3) is 0 Å². The molecule has 6 heteroatoms. The van der Waals surface area contributed by atoms with Crippen molar-refractivity contribution in [2.24, 2.45) is 0 Å². The maximum atomic E-state index is 13.5. The molecule has 2 N–H and O–H groups in total. The third-order valence-corrected chi connectivity index (χ3v) is 3.03. The molecule has 0 aromatic heterocycles. The van der Waals surface area contributed by atoms with E-state index in [1.54, 1.807) is 13.8 Å². The van der Waals surface area contributed by atoms with E-state index >= 15 is 0 Å². The summed E-state index contributed by atoms with van der Waals surface area (Å²) in [5.74, 6) is -1.91. The molecular weight excluding hydrogens is 254 g/mol. The highest BCUT2D eigenvalue weighted by Crippen LogP contribution is 2.19. The van der Waals surface area contributed by atoms with Crippen LogP contribution in [0.4, 0.5) is 13.6 Å². The lowest BCUT2D eigenvalue weighted by Gasteiger charge is -2.26. The largest absolute Gasteiger partial charge is 0.394 e. The van der Waals surface area contributed by atoms with Gasteiger partial charge in [0.1, 0.15) is 0 Å². The first-order valence-electron chi connectivity index (χ1n) is 5.96. The molecule has 2 unspecified atom stereocenters. The molecule has 2 atom stereocenters. The van der Waals surface area contributed by atoms with Crippen LogP contribution < -0.4 is 5.32 Å². The van der Waals surface area contributed by atoms with Crippen molar-refractivity contribution >= 4 is 6.03 Å². The predicted octanol–water partition coefficient (Wildman–Crippen LogP) is 2.05. The van der Waals surface area contributed by atoms with E-state index in [2.05, 4.69) is 5.32 Å². The molecule has 0 aliphatic rings. The SMILES string of the molecule is CC(NC(=O)N(C)C(C)CO)c1cccc(F)c1F. The molecule has 1 aromatic carbocycles. The van der Waals surface area contributed by atoms with Crippen LogP contribution in [0.15, 0.2) is 18.2 Å². The van der Waals surface area contributed by atoms with Crippen molar-refractivity contribution in [3.63, 3.8) is 0 Å². The van der Waals surface area contributed by atoms with Gasteiger partial charge in [-0.2, -0.15) is 0 Å². The molecule has 0 saturated heterocycles. The van der Waals surface area contributed by atoms with Crippen LogP contribution in [-0.2, 0) is 0 Å². The van der Waals surface area contributed by atoms with Gasteiger partial charge in [0.05, 0.1) is 18.7 Å². The molecular formula is C13H18F2N2O2. The van der Waals surface area contributed by atoms with E-state index in [-0.39, 0.29) is 18.2 Å². The maximum absolute atomic E-state index is 13.5. The summed E-state index contributed by atoms with van der Waals surface area (Å²) in [7, 11) is 1.52. The second kappa shape index (κ2) is 6.47. The molecule has 0 spiro atoms. The monoisotopic (exact) mass is 272 g/mol. The molecule has 106 valence electrons. The second-order valence-electron chi connectivity index (χ2n) is 4.46. The number of aliphatic hydroxyl groups is 1. The molecule has 0 radical (unpaired) electrons. The number of carbonyl (C=O) groups excluding carboxylic acids is 1. The van der Waals surface area contributed by atoms with Crippen molar-refractivity contribution in [2.45, 2.75) is 25.9 Å². The van der Waals surface area contributed by atoms with Gasteiger partial charge in [0.25, 0.3) is 0 Å². The van der Waals surface area contributed by atoms with Gasteiger partial charge in [-0.25, -0.2) is 13.6 Å². The zero-order chi connectivity index (χ0) is 14.6. The third kappa shape index (κ3) is 3.64. The van der Waals surface area contributed by atoms with Crippen molar-refractivity contribution in [3.05, 3.63) is 35.4 Å². The van der Waals surface area contributed by atoms with Gasteiger partial charge in [0.15, 0.2) is 11.6 Å². The first-order valence-corrected chi connectivity index (χ1v) is 5.96. The zero-order valence-electron chi connectivity index (χ0n) is 11.2. The minimum Gasteiger partial charge on any atom is -0.394 e. The van der Waals surface area contributed by atoms with Crippen LogP contribution in [0, 0.1) is 11.6 Å². The van der Waals surface area contributed by atoms with E-state index in [4.69, 9.17) is 5.11 Å². The summed E-state index contributed by atoms with van der Waals surface area (Å²) in [6.45, 7) is 3.06. The standard InChI is InChI=1S/C13H18F2N2O2/c1-8(7-18)17(3)13(19)16-9(2)10-5-4-6-11(14)12(10)15/h4-6,8-9,18H,7H2,1-3H3,(H,16,19). The molecule has 0 saturated carbocycles. The Bertz CT molecular complexity index is 454. The highest BCUT2D eigenvalue weighted by atomic mass is 19.2. The minimum atomic E-state index is -0.965. The number of amides is 2. The molecule has 19 heavy (non-hydrogen) atoms. The summed E-state index contributed by atoms with van der Waals surface area (Å²) in [6, 6.07) is 2.33. The van der Waals surface area contributed by atoms with Gasteiger partial charge in [0.2, 0.25) is 0 Å². The van der Waals surface area contributed by atoms with Crippen molar-refractivity contribution in [3.8, 4) is 0 Å². The fraction of sp³-hybridized carbons (Fsp3) is 0.462. The summed E-state index contributed by atoms with van der Waals surface area (Å²) < 4.78 is 26.6. The number of carbonyl (C=O) groups is 1. The Morgan fingerprint density at radius 2 is 2.05 bits per heavy atom. The number of benzene rings is 1. The molecule has 0 fully saturated rings. The summed E-state index contributed by atoms with van der Waals surface area (Å²) in [4.78, 5) is 13.1. The Labute approximate surface area is 111 Å². The second-order valence-corrected chi connectivity index (χ2v) is 4.46. The van der Waals surface area contributed by atoms with Crippen LogP contribution in [0.2, 0.25) is 0 Å². The average molecular weight is 272 g/mol. The lowest BCUT2D eigenvalue weighted by molar-refractivity contribution is 0.155. The molecule has 0 aliphatic heterocycles. The fourth-order valence-corrected chi connectivity index (χ4v) is 1.54. The first kappa shape index (κ1) is 15.4. The number of aliphatic hydroxyl groups excluding tert-OH is 1. The summed E-state index contributed by atoms with van der Waals surface area (Å²) in [5.41, 5.74) is 0.0819. The van der Waals surface area contributed by atoms with Crippen LogP contribution in [0.1, 0.15) is 25.5 Å². The molecule has 1 aromatic rings. The Morgan fingerprint density at radius 1 is 1.42 bits per heavy atom. The third-order valence-electron chi connectivity index (χ3n) is 3.03. The highest BCUT2D eigenvalue weighted by Gasteiger charge is 2.20.